The predicted octanol–water partition coefficient (Wildman–Crippen LogP) is 2.37. The van der Waals surface area contributed by atoms with Gasteiger partial charge in [0.2, 0.25) is 0 Å². The zero-order chi connectivity index (χ0) is 10.8. The first kappa shape index (κ1) is 11.0. The summed E-state index contributed by atoms with van der Waals surface area (Å²) in [7, 11) is 0. The topological polar surface area (TPSA) is 48.1 Å². The Morgan fingerprint density at radius 2 is 2.13 bits per heavy atom. The van der Waals surface area contributed by atoms with Gasteiger partial charge in [0.15, 0.2) is 0 Å². The fourth-order valence-corrected chi connectivity index (χ4v) is 2.93. The molecule has 1 unspecified atom stereocenters. The van der Waals surface area contributed by atoms with Gasteiger partial charge in [-0.1, -0.05) is 0 Å². The van der Waals surface area contributed by atoms with Crippen LogP contribution in [0, 0.1) is 6.92 Å². The molecule has 1 aliphatic heterocycles. The highest BCUT2D eigenvalue weighted by molar-refractivity contribution is 7.11. The molecule has 2 rings (SSSR count). The highest BCUT2D eigenvalue weighted by Gasteiger charge is 2.21. The molecule has 3 nitrogen and oxygen atoms in total. The lowest BCUT2D eigenvalue weighted by atomic mass is 9.96. The van der Waals surface area contributed by atoms with Crippen molar-refractivity contribution in [3.63, 3.8) is 0 Å². The van der Waals surface area contributed by atoms with Crippen molar-refractivity contribution < 1.29 is 4.74 Å². The number of hydrogen-bond donors (Lipinski definition) is 1. The van der Waals surface area contributed by atoms with Crippen LogP contribution in [0.25, 0.3) is 0 Å². The Hall–Kier alpha value is -0.450. The summed E-state index contributed by atoms with van der Waals surface area (Å²) in [6.07, 6.45) is 2.20. The van der Waals surface area contributed by atoms with E-state index in [4.69, 9.17) is 10.5 Å². The lowest BCUT2D eigenvalue weighted by Crippen LogP contribution is -2.15. The molecule has 4 heteroatoms. The third-order valence-corrected chi connectivity index (χ3v) is 4.03. The number of thiazole rings is 1. The van der Waals surface area contributed by atoms with Gasteiger partial charge in [0.25, 0.3) is 0 Å². The fourth-order valence-electron chi connectivity index (χ4n) is 1.97. The second-order valence-electron chi connectivity index (χ2n) is 4.17. The van der Waals surface area contributed by atoms with E-state index in [2.05, 4.69) is 11.9 Å². The van der Waals surface area contributed by atoms with Crippen molar-refractivity contribution >= 4 is 11.3 Å². The van der Waals surface area contributed by atoms with Gasteiger partial charge in [-0.05, 0) is 26.7 Å². The summed E-state index contributed by atoms with van der Waals surface area (Å²) in [5, 5.41) is 1.06. The third-order valence-electron chi connectivity index (χ3n) is 2.85. The molecule has 0 saturated carbocycles. The summed E-state index contributed by atoms with van der Waals surface area (Å²) in [6.45, 7) is 5.88. The minimum Gasteiger partial charge on any atom is -0.381 e. The van der Waals surface area contributed by atoms with Crippen LogP contribution in [-0.4, -0.2) is 18.2 Å². The lowest BCUT2D eigenvalue weighted by molar-refractivity contribution is 0.0845. The van der Waals surface area contributed by atoms with E-state index in [1.165, 1.54) is 10.6 Å². The van der Waals surface area contributed by atoms with Crippen LogP contribution < -0.4 is 5.73 Å². The SMILES string of the molecule is Cc1sc(C(C)N)nc1C1CCOCC1. The second-order valence-corrected chi connectivity index (χ2v) is 5.40. The normalized spacial score (nSPS) is 20.5. The van der Waals surface area contributed by atoms with Crippen LogP contribution in [0.15, 0.2) is 0 Å². The van der Waals surface area contributed by atoms with E-state index in [-0.39, 0.29) is 6.04 Å². The van der Waals surface area contributed by atoms with Crippen LogP contribution in [-0.2, 0) is 4.74 Å². The zero-order valence-electron chi connectivity index (χ0n) is 9.32. The van der Waals surface area contributed by atoms with E-state index in [0.717, 1.165) is 31.1 Å². The Kier molecular flexibility index (Phi) is 3.38. The molecule has 1 aromatic heterocycles. The molecule has 1 aliphatic rings. The molecule has 0 aliphatic carbocycles. The molecular weight excluding hydrogens is 208 g/mol. The molecule has 15 heavy (non-hydrogen) atoms. The van der Waals surface area contributed by atoms with Gasteiger partial charge in [0, 0.05) is 24.0 Å². The molecule has 1 saturated heterocycles. The Morgan fingerprint density at radius 3 is 2.67 bits per heavy atom. The average Bonchev–Trinajstić information content (AvgIpc) is 2.62. The maximum Gasteiger partial charge on any atom is 0.110 e. The molecule has 0 spiro atoms. The van der Waals surface area contributed by atoms with Crippen molar-refractivity contribution in [2.45, 2.75) is 38.6 Å². The van der Waals surface area contributed by atoms with Crippen LogP contribution in [0.3, 0.4) is 0 Å². The first-order valence-electron chi connectivity index (χ1n) is 5.49. The summed E-state index contributed by atoms with van der Waals surface area (Å²) in [6, 6.07) is 0.0577. The number of aryl methyl sites for hydroxylation is 1. The predicted molar refractivity (Wildman–Crippen MR) is 62.2 cm³/mol. The number of hydrogen-bond acceptors (Lipinski definition) is 4. The van der Waals surface area contributed by atoms with E-state index in [1.807, 2.05) is 6.92 Å². The number of nitrogens with two attached hydrogens (primary N) is 1. The highest BCUT2D eigenvalue weighted by atomic mass is 32.1. The van der Waals surface area contributed by atoms with Crippen molar-refractivity contribution in [3.05, 3.63) is 15.6 Å². The van der Waals surface area contributed by atoms with E-state index in [0.29, 0.717) is 5.92 Å². The van der Waals surface area contributed by atoms with Crippen molar-refractivity contribution in [2.24, 2.45) is 5.73 Å². The van der Waals surface area contributed by atoms with Gasteiger partial charge < -0.3 is 10.5 Å². The van der Waals surface area contributed by atoms with E-state index < -0.39 is 0 Å². The lowest BCUT2D eigenvalue weighted by Gasteiger charge is -2.20. The monoisotopic (exact) mass is 226 g/mol. The molecule has 2 N–H and O–H groups in total. The Balaban J connectivity index is 2.19. The number of aromatic nitrogens is 1. The van der Waals surface area contributed by atoms with Gasteiger partial charge in [0.05, 0.1) is 11.7 Å². The Morgan fingerprint density at radius 1 is 1.47 bits per heavy atom. The molecule has 1 aromatic rings. The second kappa shape index (κ2) is 4.60. The van der Waals surface area contributed by atoms with Gasteiger partial charge in [-0.15, -0.1) is 11.3 Å². The van der Waals surface area contributed by atoms with Gasteiger partial charge in [-0.3, -0.25) is 0 Å². The molecule has 1 fully saturated rings. The van der Waals surface area contributed by atoms with E-state index in [1.54, 1.807) is 11.3 Å². The number of ether oxygens (including phenoxy) is 1. The van der Waals surface area contributed by atoms with E-state index in [9.17, 15) is 0 Å². The van der Waals surface area contributed by atoms with Gasteiger partial charge in [-0.2, -0.15) is 0 Å². The van der Waals surface area contributed by atoms with Crippen molar-refractivity contribution in [2.75, 3.05) is 13.2 Å². The Labute approximate surface area is 94.7 Å². The zero-order valence-corrected chi connectivity index (χ0v) is 10.1. The summed E-state index contributed by atoms with van der Waals surface area (Å²) < 4.78 is 5.37. The largest absolute Gasteiger partial charge is 0.381 e. The van der Waals surface area contributed by atoms with Gasteiger partial charge in [0.1, 0.15) is 5.01 Å². The van der Waals surface area contributed by atoms with Gasteiger partial charge in [-0.25, -0.2) is 4.98 Å². The molecule has 0 amide bonds. The minimum absolute atomic E-state index is 0.0577. The molecular formula is C11H18N2OS. The molecule has 0 bridgehead atoms. The first-order chi connectivity index (χ1) is 7.18. The molecule has 1 atom stereocenters. The van der Waals surface area contributed by atoms with Gasteiger partial charge >= 0.3 is 0 Å². The maximum atomic E-state index is 5.85. The quantitative estimate of drug-likeness (QED) is 0.842. The van der Waals surface area contributed by atoms with Crippen LogP contribution in [0.1, 0.15) is 47.3 Å². The van der Waals surface area contributed by atoms with Crippen LogP contribution in [0.5, 0.6) is 0 Å². The highest BCUT2D eigenvalue weighted by Crippen LogP contribution is 2.32. The third kappa shape index (κ3) is 2.38. The summed E-state index contributed by atoms with van der Waals surface area (Å²) in [5.41, 5.74) is 7.11. The summed E-state index contributed by atoms with van der Waals surface area (Å²) in [5.74, 6) is 0.586. The van der Waals surface area contributed by atoms with Crippen molar-refractivity contribution in [3.8, 4) is 0 Å². The van der Waals surface area contributed by atoms with E-state index >= 15 is 0 Å². The molecule has 84 valence electrons. The smallest absolute Gasteiger partial charge is 0.110 e. The van der Waals surface area contributed by atoms with Crippen molar-refractivity contribution in [1.29, 1.82) is 0 Å². The number of nitrogens with zero attached hydrogens (tertiary/aromatic N) is 1. The molecule has 0 radical (unpaired) electrons. The van der Waals surface area contributed by atoms with Crippen LogP contribution in [0.4, 0.5) is 0 Å². The minimum atomic E-state index is 0.0577. The summed E-state index contributed by atoms with van der Waals surface area (Å²) >= 11 is 1.74. The number of rotatable bonds is 2. The fraction of sp³-hybridized carbons (Fsp3) is 0.727. The first-order valence-corrected chi connectivity index (χ1v) is 6.30. The van der Waals surface area contributed by atoms with Crippen LogP contribution in [0.2, 0.25) is 0 Å². The molecule has 0 aromatic carbocycles. The van der Waals surface area contributed by atoms with Crippen LogP contribution >= 0.6 is 11.3 Å². The van der Waals surface area contributed by atoms with Crippen molar-refractivity contribution in [1.82, 2.24) is 4.98 Å². The Bertz CT molecular complexity index is 329. The summed E-state index contributed by atoms with van der Waals surface area (Å²) in [4.78, 5) is 6.00. The average molecular weight is 226 g/mol. The maximum absolute atomic E-state index is 5.85. The molecule has 2 heterocycles. The standard InChI is InChI=1S/C11H18N2OS/c1-7(12)11-13-10(8(2)15-11)9-3-5-14-6-4-9/h7,9H,3-6,12H2,1-2H3.